The maximum Gasteiger partial charge on any atom is 0.317 e. The van der Waals surface area contributed by atoms with Crippen LogP contribution in [0.5, 0.6) is 0 Å². The molecule has 0 radical (unpaired) electrons. The van der Waals surface area contributed by atoms with Gasteiger partial charge in [0.25, 0.3) is 0 Å². The predicted molar refractivity (Wildman–Crippen MR) is 87.0 cm³/mol. The summed E-state index contributed by atoms with van der Waals surface area (Å²) in [5.74, 6) is -0.839. The number of aliphatic carboxylic acids is 1. The number of nitrogens with one attached hydrogen (secondary N) is 1. The third kappa shape index (κ3) is 6.16. The van der Waals surface area contributed by atoms with Gasteiger partial charge in [0.15, 0.2) is 0 Å². The van der Waals surface area contributed by atoms with E-state index in [1.54, 1.807) is 11.9 Å². The highest BCUT2D eigenvalue weighted by atomic mass is 16.4. The third-order valence-corrected chi connectivity index (χ3v) is 3.77. The number of hydrogen-bond acceptors (Lipinski definition) is 2. The van der Waals surface area contributed by atoms with Crippen LogP contribution < -0.4 is 5.32 Å². The van der Waals surface area contributed by atoms with Crippen LogP contribution in [0, 0.1) is 6.92 Å². The molecule has 1 rings (SSSR count). The van der Waals surface area contributed by atoms with Gasteiger partial charge in [-0.1, -0.05) is 36.8 Å². The SMILES string of the molecule is CCC(Cc1ccc(C)cc1)N(C)C(=O)NCCCC(=O)O. The van der Waals surface area contributed by atoms with Gasteiger partial charge in [-0.2, -0.15) is 0 Å². The van der Waals surface area contributed by atoms with Gasteiger partial charge in [-0.3, -0.25) is 4.79 Å². The van der Waals surface area contributed by atoms with E-state index in [9.17, 15) is 9.59 Å². The summed E-state index contributed by atoms with van der Waals surface area (Å²) < 4.78 is 0. The number of urea groups is 1. The van der Waals surface area contributed by atoms with E-state index in [4.69, 9.17) is 5.11 Å². The minimum atomic E-state index is -0.839. The van der Waals surface area contributed by atoms with Gasteiger partial charge in [0, 0.05) is 26.1 Å². The lowest BCUT2D eigenvalue weighted by Crippen LogP contribution is -2.44. The molecule has 2 amide bonds. The molecule has 0 aliphatic heterocycles. The van der Waals surface area contributed by atoms with Crippen molar-refractivity contribution in [3.63, 3.8) is 0 Å². The molecule has 0 aliphatic carbocycles. The fourth-order valence-electron chi connectivity index (χ4n) is 2.28. The van der Waals surface area contributed by atoms with Crippen LogP contribution in [0.3, 0.4) is 0 Å². The molecule has 1 unspecified atom stereocenters. The first-order valence-corrected chi connectivity index (χ1v) is 7.72. The van der Waals surface area contributed by atoms with Gasteiger partial charge in [0.05, 0.1) is 0 Å². The number of aryl methyl sites for hydroxylation is 1. The Bertz CT molecular complexity index is 485. The van der Waals surface area contributed by atoms with Crippen molar-refractivity contribution in [1.82, 2.24) is 10.2 Å². The second-order valence-electron chi connectivity index (χ2n) is 5.59. The number of benzene rings is 1. The van der Waals surface area contributed by atoms with Crippen molar-refractivity contribution in [3.8, 4) is 0 Å². The molecule has 0 saturated heterocycles. The fraction of sp³-hybridized carbons (Fsp3) is 0.529. The summed E-state index contributed by atoms with van der Waals surface area (Å²) in [7, 11) is 1.79. The average Bonchev–Trinajstić information content (AvgIpc) is 2.50. The van der Waals surface area contributed by atoms with Crippen molar-refractivity contribution >= 4 is 12.0 Å². The summed E-state index contributed by atoms with van der Waals surface area (Å²) in [6.45, 7) is 4.50. The highest BCUT2D eigenvalue weighted by Crippen LogP contribution is 2.12. The van der Waals surface area contributed by atoms with E-state index in [0.29, 0.717) is 13.0 Å². The van der Waals surface area contributed by atoms with Gasteiger partial charge >= 0.3 is 12.0 Å². The van der Waals surface area contributed by atoms with Crippen LogP contribution in [-0.2, 0) is 11.2 Å². The van der Waals surface area contributed by atoms with E-state index < -0.39 is 5.97 Å². The molecule has 1 atom stereocenters. The van der Waals surface area contributed by atoms with Gasteiger partial charge in [0.2, 0.25) is 0 Å². The summed E-state index contributed by atoms with van der Waals surface area (Å²) in [5.41, 5.74) is 2.43. The molecule has 5 nitrogen and oxygen atoms in total. The number of carbonyl (C=O) groups excluding carboxylic acids is 1. The number of hydrogen-bond donors (Lipinski definition) is 2. The number of nitrogens with zero attached hydrogens (tertiary/aromatic N) is 1. The number of amides is 2. The Hall–Kier alpha value is -2.04. The first kappa shape index (κ1) is 18.0. The summed E-state index contributed by atoms with van der Waals surface area (Å²) in [5, 5.41) is 11.3. The van der Waals surface area contributed by atoms with Gasteiger partial charge in [-0.05, 0) is 31.7 Å². The molecule has 1 aromatic carbocycles. The maximum absolute atomic E-state index is 12.1. The van der Waals surface area contributed by atoms with E-state index in [2.05, 4.69) is 43.4 Å². The molecule has 0 heterocycles. The Morgan fingerprint density at radius 3 is 2.45 bits per heavy atom. The Balaban J connectivity index is 2.48. The minimum absolute atomic E-state index is 0.0740. The molecule has 0 aromatic heterocycles. The number of carbonyl (C=O) groups is 2. The molecule has 2 N–H and O–H groups in total. The molecule has 122 valence electrons. The van der Waals surface area contributed by atoms with Crippen LogP contribution in [-0.4, -0.2) is 41.6 Å². The molecule has 0 fully saturated rings. The van der Waals surface area contributed by atoms with Crippen molar-refractivity contribution in [2.24, 2.45) is 0 Å². The second-order valence-corrected chi connectivity index (χ2v) is 5.59. The summed E-state index contributed by atoms with van der Waals surface area (Å²) in [6.07, 6.45) is 2.21. The molecule has 0 bridgehead atoms. The Morgan fingerprint density at radius 2 is 1.91 bits per heavy atom. The lowest BCUT2D eigenvalue weighted by atomic mass is 10.0. The van der Waals surface area contributed by atoms with Crippen molar-refractivity contribution in [2.45, 2.75) is 45.6 Å². The molecule has 0 spiro atoms. The molecular weight excluding hydrogens is 280 g/mol. The zero-order valence-electron chi connectivity index (χ0n) is 13.6. The van der Waals surface area contributed by atoms with Crippen LogP contribution in [0.25, 0.3) is 0 Å². The number of rotatable bonds is 8. The Kier molecular flexibility index (Phi) is 7.43. The van der Waals surface area contributed by atoms with Gasteiger partial charge in [0.1, 0.15) is 0 Å². The number of likely N-dealkylation sites (N-methyl/N-ethyl adjacent to an activating group) is 1. The molecule has 22 heavy (non-hydrogen) atoms. The highest BCUT2D eigenvalue weighted by Gasteiger charge is 2.18. The second kappa shape index (κ2) is 9.07. The average molecular weight is 306 g/mol. The van der Waals surface area contributed by atoms with Gasteiger partial charge in [-0.15, -0.1) is 0 Å². The van der Waals surface area contributed by atoms with Crippen LogP contribution >= 0.6 is 0 Å². The largest absolute Gasteiger partial charge is 0.481 e. The molecule has 0 saturated carbocycles. The van der Waals surface area contributed by atoms with E-state index in [1.165, 1.54) is 11.1 Å². The first-order valence-electron chi connectivity index (χ1n) is 7.72. The van der Waals surface area contributed by atoms with Gasteiger partial charge < -0.3 is 15.3 Å². The van der Waals surface area contributed by atoms with E-state index >= 15 is 0 Å². The maximum atomic E-state index is 12.1. The monoisotopic (exact) mass is 306 g/mol. The summed E-state index contributed by atoms with van der Waals surface area (Å²) in [4.78, 5) is 24.2. The predicted octanol–water partition coefficient (Wildman–Crippen LogP) is 2.82. The van der Waals surface area contributed by atoms with E-state index in [-0.39, 0.29) is 18.5 Å². The first-order chi connectivity index (χ1) is 10.4. The summed E-state index contributed by atoms with van der Waals surface area (Å²) in [6, 6.07) is 8.32. The molecule has 5 heteroatoms. The van der Waals surface area contributed by atoms with E-state index in [1.807, 2.05) is 0 Å². The van der Waals surface area contributed by atoms with Crippen LogP contribution in [0.15, 0.2) is 24.3 Å². The van der Waals surface area contributed by atoms with Crippen LogP contribution in [0.1, 0.15) is 37.3 Å². The van der Waals surface area contributed by atoms with Crippen molar-refractivity contribution in [1.29, 1.82) is 0 Å². The highest BCUT2D eigenvalue weighted by molar-refractivity contribution is 5.74. The van der Waals surface area contributed by atoms with Crippen LogP contribution in [0.4, 0.5) is 4.79 Å². The van der Waals surface area contributed by atoms with Gasteiger partial charge in [-0.25, -0.2) is 4.79 Å². The number of carboxylic acids is 1. The Labute approximate surface area is 132 Å². The lowest BCUT2D eigenvalue weighted by molar-refractivity contribution is -0.137. The molecule has 0 aliphatic rings. The smallest absolute Gasteiger partial charge is 0.317 e. The third-order valence-electron chi connectivity index (χ3n) is 3.77. The van der Waals surface area contributed by atoms with E-state index in [0.717, 1.165) is 12.8 Å². The van der Waals surface area contributed by atoms with Crippen LogP contribution in [0.2, 0.25) is 0 Å². The number of carboxylic acid groups (broad SMARTS) is 1. The lowest BCUT2D eigenvalue weighted by Gasteiger charge is -2.27. The topological polar surface area (TPSA) is 69.6 Å². The van der Waals surface area contributed by atoms with Crippen molar-refractivity contribution in [2.75, 3.05) is 13.6 Å². The minimum Gasteiger partial charge on any atom is -0.481 e. The quantitative estimate of drug-likeness (QED) is 0.726. The Morgan fingerprint density at radius 1 is 1.27 bits per heavy atom. The fourth-order valence-corrected chi connectivity index (χ4v) is 2.28. The molecule has 1 aromatic rings. The summed E-state index contributed by atoms with van der Waals surface area (Å²) >= 11 is 0. The zero-order valence-corrected chi connectivity index (χ0v) is 13.6. The zero-order chi connectivity index (χ0) is 16.5. The standard InChI is InChI=1S/C17H26N2O3/c1-4-15(12-14-9-7-13(2)8-10-14)19(3)17(22)18-11-5-6-16(20)21/h7-10,15H,4-6,11-12H2,1-3H3,(H,18,22)(H,20,21). The molecular formula is C17H26N2O3. The van der Waals surface area contributed by atoms with Crippen molar-refractivity contribution < 1.29 is 14.7 Å². The normalized spacial score (nSPS) is 11.8. The van der Waals surface area contributed by atoms with Crippen molar-refractivity contribution in [3.05, 3.63) is 35.4 Å².